The van der Waals surface area contributed by atoms with Crippen LogP contribution in [0.1, 0.15) is 71.1 Å². The number of rotatable bonds is 55. The number of hydrogen-bond donors (Lipinski definition) is 0. The highest BCUT2D eigenvalue weighted by atomic mass is 16.6. The van der Waals surface area contributed by atoms with E-state index in [1.54, 1.807) is 0 Å². The molecule has 3 atom stereocenters. The standard InChI is InChI=1S/C57H98O21/c1-2-57(48-73-39-36-67-27-24-61-18-21-64-30-33-70-42-45-76-54(58)51-12-6-3-7-13-51,49-74-40-37-68-28-25-62-19-22-65-31-34-71-43-46-77-55(59)52-14-8-4-9-15-52)50-75-41-38-69-29-26-63-20-23-66-32-35-72-44-47-78-56(60)53-16-10-5-11-17-53/h3-6,8,10,51-53H,2,7,9,11-50H2,1H3. The number of allylic oxidation sites excluding steroid dienone is 6. The quantitative estimate of drug-likeness (QED) is 0.0325. The second-order valence-electron chi connectivity index (χ2n) is 18.8. The zero-order valence-corrected chi connectivity index (χ0v) is 47.2. The van der Waals surface area contributed by atoms with Gasteiger partial charge in [-0.15, -0.1) is 0 Å². The lowest BCUT2D eigenvalue weighted by atomic mass is 9.88. The van der Waals surface area contributed by atoms with Crippen molar-refractivity contribution in [1.82, 2.24) is 0 Å². The van der Waals surface area contributed by atoms with Crippen molar-refractivity contribution in [3.05, 3.63) is 36.5 Å². The largest absolute Gasteiger partial charge is 0.463 e. The normalized spacial score (nSPS) is 18.0. The lowest BCUT2D eigenvalue weighted by Crippen LogP contribution is -2.38. The highest BCUT2D eigenvalue weighted by Gasteiger charge is 2.30. The Morgan fingerprint density at radius 1 is 0.295 bits per heavy atom. The summed E-state index contributed by atoms with van der Waals surface area (Å²) in [5.74, 6) is -0.548. The number of ether oxygens (including phenoxy) is 18. The fraction of sp³-hybridized carbons (Fsp3) is 0.842. The van der Waals surface area contributed by atoms with E-state index in [0.717, 1.165) is 64.2 Å². The van der Waals surface area contributed by atoms with Gasteiger partial charge in [0.2, 0.25) is 0 Å². The SMILES string of the molecule is CCC(COCCOCCOCCOCCOCCOC(=O)C1CC=CCC1)(COCCOCCOCCOCCOCCOC(=O)C1CC=CCC1)COCCOCCOCCOCCOCCOC(=O)C1CC=CCC1. The number of esters is 3. The minimum atomic E-state index is -0.394. The number of carbonyl (C=O) groups excluding carboxylic acids is 3. The van der Waals surface area contributed by atoms with E-state index in [4.69, 9.17) is 85.3 Å². The second-order valence-corrected chi connectivity index (χ2v) is 18.8. The summed E-state index contributed by atoms with van der Waals surface area (Å²) in [6.45, 7) is 15.3. The maximum Gasteiger partial charge on any atom is 0.309 e. The Labute approximate surface area is 465 Å². The number of carbonyl (C=O) groups is 3. The summed E-state index contributed by atoms with van der Waals surface area (Å²) in [5, 5.41) is 0. The second kappa shape index (κ2) is 51.0. The molecule has 78 heavy (non-hydrogen) atoms. The van der Waals surface area contributed by atoms with Gasteiger partial charge in [-0.1, -0.05) is 43.4 Å². The molecule has 0 aromatic heterocycles. The predicted molar refractivity (Wildman–Crippen MR) is 287 cm³/mol. The Bertz CT molecular complexity index is 1350. The van der Waals surface area contributed by atoms with Gasteiger partial charge >= 0.3 is 17.9 Å². The first-order valence-electron chi connectivity index (χ1n) is 28.6. The molecule has 0 saturated heterocycles. The summed E-state index contributed by atoms with van der Waals surface area (Å²) in [4.78, 5) is 36.2. The van der Waals surface area contributed by atoms with Gasteiger partial charge in [-0.2, -0.15) is 0 Å². The molecule has 0 bridgehead atoms. The van der Waals surface area contributed by atoms with E-state index in [2.05, 4.69) is 25.2 Å². The molecule has 0 fully saturated rings. The third-order valence-corrected chi connectivity index (χ3v) is 12.7. The van der Waals surface area contributed by atoms with Crippen LogP contribution in [0.3, 0.4) is 0 Å². The maximum atomic E-state index is 12.1. The fourth-order valence-corrected chi connectivity index (χ4v) is 7.92. The summed E-state index contributed by atoms with van der Waals surface area (Å²) in [6.07, 6.45) is 20.7. The molecule has 0 radical (unpaired) electrons. The predicted octanol–water partition coefficient (Wildman–Crippen LogP) is 5.33. The minimum Gasteiger partial charge on any atom is -0.463 e. The monoisotopic (exact) mass is 1120 g/mol. The first-order chi connectivity index (χ1) is 38.5. The van der Waals surface area contributed by atoms with Crippen LogP contribution < -0.4 is 0 Å². The highest BCUT2D eigenvalue weighted by molar-refractivity contribution is 5.73. The van der Waals surface area contributed by atoms with Crippen LogP contribution in [-0.4, -0.2) is 236 Å². The lowest BCUT2D eigenvalue weighted by molar-refractivity contribution is -0.151. The molecule has 0 saturated carbocycles. The lowest BCUT2D eigenvalue weighted by Gasteiger charge is -2.32. The summed E-state index contributed by atoms with van der Waals surface area (Å²) >= 11 is 0. The molecule has 0 aromatic carbocycles. The van der Waals surface area contributed by atoms with E-state index in [-0.39, 0.29) is 55.5 Å². The minimum absolute atomic E-state index is 0.0352. The van der Waals surface area contributed by atoms with Gasteiger partial charge in [0.1, 0.15) is 19.8 Å². The van der Waals surface area contributed by atoms with E-state index >= 15 is 0 Å². The molecule has 3 unspecified atom stereocenters. The van der Waals surface area contributed by atoms with E-state index in [1.807, 2.05) is 18.2 Å². The van der Waals surface area contributed by atoms with Gasteiger partial charge < -0.3 is 85.3 Å². The molecule has 3 rings (SSSR count). The van der Waals surface area contributed by atoms with Gasteiger partial charge in [0.05, 0.1) is 216 Å². The first kappa shape index (κ1) is 69.3. The van der Waals surface area contributed by atoms with Gasteiger partial charge in [-0.05, 0) is 64.2 Å². The average molecular weight is 1120 g/mol. The molecule has 3 aliphatic rings. The Morgan fingerprint density at radius 2 is 0.487 bits per heavy atom. The van der Waals surface area contributed by atoms with Crippen molar-refractivity contribution < 1.29 is 99.6 Å². The summed E-state index contributed by atoms with van der Waals surface area (Å²) in [7, 11) is 0. The van der Waals surface area contributed by atoms with Gasteiger partial charge in [0.15, 0.2) is 0 Å². The van der Waals surface area contributed by atoms with Crippen LogP contribution in [0.25, 0.3) is 0 Å². The fourth-order valence-electron chi connectivity index (χ4n) is 7.92. The van der Waals surface area contributed by atoms with Crippen LogP contribution in [0, 0.1) is 23.2 Å². The molecule has 0 aliphatic heterocycles. The van der Waals surface area contributed by atoms with Gasteiger partial charge in [-0.25, -0.2) is 0 Å². The highest BCUT2D eigenvalue weighted by Crippen LogP contribution is 2.25. The van der Waals surface area contributed by atoms with Crippen LogP contribution in [0.5, 0.6) is 0 Å². The molecule has 3 aliphatic carbocycles. The topological polar surface area (TPSA) is 217 Å². The van der Waals surface area contributed by atoms with Crippen molar-refractivity contribution in [2.24, 2.45) is 23.2 Å². The Hall–Kier alpha value is -2.97. The molecule has 0 amide bonds. The van der Waals surface area contributed by atoms with E-state index < -0.39 is 5.41 Å². The molecular formula is C57H98O21. The van der Waals surface area contributed by atoms with Crippen molar-refractivity contribution in [3.8, 4) is 0 Å². The van der Waals surface area contributed by atoms with Crippen molar-refractivity contribution >= 4 is 17.9 Å². The summed E-state index contributed by atoms with van der Waals surface area (Å²) < 4.78 is 101. The third-order valence-electron chi connectivity index (χ3n) is 12.7. The summed E-state index contributed by atoms with van der Waals surface area (Å²) in [5.41, 5.74) is -0.394. The molecule has 0 heterocycles. The Morgan fingerprint density at radius 3 is 0.667 bits per heavy atom. The zero-order valence-electron chi connectivity index (χ0n) is 47.2. The molecule has 21 nitrogen and oxygen atoms in total. The van der Waals surface area contributed by atoms with Crippen molar-refractivity contribution in [3.63, 3.8) is 0 Å². The van der Waals surface area contributed by atoms with Crippen LogP contribution in [0.4, 0.5) is 0 Å². The average Bonchev–Trinajstić information content (AvgIpc) is 3.48. The van der Waals surface area contributed by atoms with Crippen LogP contribution in [-0.2, 0) is 99.6 Å². The molecular weight excluding hydrogens is 1020 g/mol. The molecule has 0 N–H and O–H groups in total. The molecule has 452 valence electrons. The van der Waals surface area contributed by atoms with E-state index in [1.165, 1.54) is 0 Å². The van der Waals surface area contributed by atoms with E-state index in [0.29, 0.717) is 198 Å². The zero-order chi connectivity index (χ0) is 55.3. The van der Waals surface area contributed by atoms with Gasteiger partial charge in [0.25, 0.3) is 0 Å². The van der Waals surface area contributed by atoms with Crippen molar-refractivity contribution in [1.29, 1.82) is 0 Å². The van der Waals surface area contributed by atoms with Gasteiger partial charge in [-0.3, -0.25) is 14.4 Å². The van der Waals surface area contributed by atoms with Gasteiger partial charge in [0, 0.05) is 5.41 Å². The smallest absolute Gasteiger partial charge is 0.309 e. The molecule has 0 aromatic rings. The third kappa shape index (κ3) is 38.6. The Balaban J connectivity index is 1.16. The molecule has 21 heteroatoms. The first-order valence-corrected chi connectivity index (χ1v) is 28.6. The Kier molecular flexibility index (Phi) is 45.3. The number of hydrogen-bond acceptors (Lipinski definition) is 21. The maximum absolute atomic E-state index is 12.1. The molecule has 0 spiro atoms. The van der Waals surface area contributed by atoms with E-state index in [9.17, 15) is 14.4 Å². The van der Waals surface area contributed by atoms with Crippen LogP contribution >= 0.6 is 0 Å². The van der Waals surface area contributed by atoms with Crippen molar-refractivity contribution in [2.45, 2.75) is 71.1 Å². The summed E-state index contributed by atoms with van der Waals surface area (Å²) in [6, 6.07) is 0. The van der Waals surface area contributed by atoms with Crippen LogP contribution in [0.15, 0.2) is 36.5 Å². The van der Waals surface area contributed by atoms with Crippen LogP contribution in [0.2, 0.25) is 0 Å². The van der Waals surface area contributed by atoms with Crippen molar-refractivity contribution in [2.75, 3.05) is 218 Å².